The zero-order valence-corrected chi connectivity index (χ0v) is 11.5. The van der Waals surface area contributed by atoms with Gasteiger partial charge in [0.1, 0.15) is 0 Å². The quantitative estimate of drug-likeness (QED) is 0.773. The Labute approximate surface area is 125 Å². The molecule has 0 radical (unpaired) electrons. The van der Waals surface area contributed by atoms with Gasteiger partial charge < -0.3 is 4.98 Å². The van der Waals surface area contributed by atoms with Gasteiger partial charge in [-0.25, -0.2) is 9.97 Å². The van der Waals surface area contributed by atoms with Gasteiger partial charge in [0.2, 0.25) is 5.95 Å². The minimum atomic E-state index is -0.389. The first-order valence-electron chi connectivity index (χ1n) is 6.60. The Hall–Kier alpha value is -3.28. The fourth-order valence-corrected chi connectivity index (χ4v) is 1.98. The van der Waals surface area contributed by atoms with Crippen molar-refractivity contribution < 1.29 is 4.79 Å². The number of aromatic nitrogens is 3. The summed E-state index contributed by atoms with van der Waals surface area (Å²) in [6.07, 6.45) is 4.43. The van der Waals surface area contributed by atoms with Gasteiger partial charge in [0, 0.05) is 24.2 Å². The van der Waals surface area contributed by atoms with Gasteiger partial charge in [-0.2, -0.15) is 0 Å². The summed E-state index contributed by atoms with van der Waals surface area (Å²) in [7, 11) is 0. The first kappa shape index (κ1) is 13.7. The van der Waals surface area contributed by atoms with E-state index in [0.29, 0.717) is 11.1 Å². The molecule has 1 aromatic carbocycles. The standard InChI is InChI=1S/C16H12N4O2/c21-14(20-16-17-7-4-8-18-16)12-9-13(15(22)19-10-12)11-5-2-1-3-6-11/h1-10H,(H,19,22)(H,17,18,20,21). The second kappa shape index (κ2) is 6.01. The smallest absolute Gasteiger partial charge is 0.259 e. The summed E-state index contributed by atoms with van der Waals surface area (Å²) in [5.74, 6) is -0.181. The summed E-state index contributed by atoms with van der Waals surface area (Å²) in [6, 6.07) is 12.4. The van der Waals surface area contributed by atoms with Gasteiger partial charge in [-0.1, -0.05) is 30.3 Å². The van der Waals surface area contributed by atoms with Crippen LogP contribution in [0.5, 0.6) is 0 Å². The summed E-state index contributed by atoms with van der Waals surface area (Å²) in [5, 5.41) is 2.57. The summed E-state index contributed by atoms with van der Waals surface area (Å²) in [6.45, 7) is 0. The normalized spacial score (nSPS) is 10.2. The molecule has 0 aliphatic rings. The molecule has 2 aromatic heterocycles. The molecule has 0 saturated heterocycles. The maximum atomic E-state index is 12.2. The molecule has 0 aliphatic heterocycles. The molecule has 0 unspecified atom stereocenters. The van der Waals surface area contributed by atoms with Crippen molar-refractivity contribution in [2.45, 2.75) is 0 Å². The molecule has 108 valence electrons. The highest BCUT2D eigenvalue weighted by Gasteiger charge is 2.11. The number of nitrogens with one attached hydrogen (secondary N) is 2. The SMILES string of the molecule is O=C(Nc1ncccn1)c1c[nH]c(=O)c(-c2ccccc2)c1. The third-order valence-corrected chi connectivity index (χ3v) is 3.04. The lowest BCUT2D eigenvalue weighted by Gasteiger charge is -2.05. The number of carbonyl (C=O) groups is 1. The third-order valence-electron chi connectivity index (χ3n) is 3.04. The van der Waals surface area contributed by atoms with Crippen LogP contribution in [0.3, 0.4) is 0 Å². The molecule has 1 amide bonds. The highest BCUT2D eigenvalue weighted by atomic mass is 16.2. The Morgan fingerprint density at radius 1 is 1.05 bits per heavy atom. The van der Waals surface area contributed by atoms with Crippen molar-refractivity contribution in [3.63, 3.8) is 0 Å². The average molecular weight is 292 g/mol. The number of H-pyrrole nitrogens is 1. The van der Waals surface area contributed by atoms with E-state index in [1.807, 2.05) is 30.3 Å². The number of aromatic amines is 1. The minimum Gasteiger partial charge on any atom is -0.328 e. The Bertz CT molecular complexity index is 845. The lowest BCUT2D eigenvalue weighted by molar-refractivity contribution is 0.102. The van der Waals surface area contributed by atoms with Gasteiger partial charge in [0.05, 0.1) is 5.56 Å². The molecule has 3 rings (SSSR count). The maximum absolute atomic E-state index is 12.2. The number of anilines is 1. The van der Waals surface area contributed by atoms with Crippen LogP contribution in [0.2, 0.25) is 0 Å². The van der Waals surface area contributed by atoms with Gasteiger partial charge in [-0.3, -0.25) is 14.9 Å². The summed E-state index contributed by atoms with van der Waals surface area (Å²) in [5.41, 5.74) is 1.25. The van der Waals surface area contributed by atoms with Gasteiger partial charge in [-0.05, 0) is 17.7 Å². The van der Waals surface area contributed by atoms with Crippen LogP contribution in [0.25, 0.3) is 11.1 Å². The number of carbonyl (C=O) groups excluding carboxylic acids is 1. The van der Waals surface area contributed by atoms with E-state index in [2.05, 4.69) is 20.3 Å². The molecule has 0 fully saturated rings. The van der Waals surface area contributed by atoms with E-state index >= 15 is 0 Å². The van der Waals surface area contributed by atoms with Crippen LogP contribution in [-0.4, -0.2) is 20.9 Å². The van der Waals surface area contributed by atoms with Crippen molar-refractivity contribution in [3.8, 4) is 11.1 Å². The maximum Gasteiger partial charge on any atom is 0.259 e. The van der Waals surface area contributed by atoms with Crippen LogP contribution in [0, 0.1) is 0 Å². The number of amides is 1. The number of rotatable bonds is 3. The average Bonchev–Trinajstić information content (AvgIpc) is 2.57. The summed E-state index contributed by atoms with van der Waals surface area (Å²) >= 11 is 0. The topological polar surface area (TPSA) is 87.7 Å². The predicted octanol–water partition coefficient (Wildman–Crippen LogP) is 2.08. The third kappa shape index (κ3) is 2.90. The molecule has 22 heavy (non-hydrogen) atoms. The molecule has 2 N–H and O–H groups in total. The Morgan fingerprint density at radius 2 is 1.77 bits per heavy atom. The van der Waals surface area contributed by atoms with Gasteiger partial charge in [0.15, 0.2) is 0 Å². The van der Waals surface area contributed by atoms with Crippen molar-refractivity contribution >= 4 is 11.9 Å². The van der Waals surface area contributed by atoms with E-state index in [1.165, 1.54) is 18.6 Å². The van der Waals surface area contributed by atoms with Crippen molar-refractivity contribution in [1.29, 1.82) is 0 Å². The van der Waals surface area contributed by atoms with Crippen molar-refractivity contribution in [2.75, 3.05) is 5.32 Å². The van der Waals surface area contributed by atoms with Gasteiger partial charge in [0.25, 0.3) is 11.5 Å². The molecule has 0 aliphatic carbocycles. The molecule has 3 aromatic rings. The van der Waals surface area contributed by atoms with E-state index in [0.717, 1.165) is 5.56 Å². The fourth-order valence-electron chi connectivity index (χ4n) is 1.98. The van der Waals surface area contributed by atoms with Crippen molar-refractivity contribution in [2.24, 2.45) is 0 Å². The molecular weight excluding hydrogens is 280 g/mol. The highest BCUT2D eigenvalue weighted by molar-refractivity contribution is 6.03. The number of nitrogens with zero attached hydrogens (tertiary/aromatic N) is 2. The summed E-state index contributed by atoms with van der Waals surface area (Å²) in [4.78, 5) is 34.6. The van der Waals surface area contributed by atoms with Gasteiger partial charge in [-0.15, -0.1) is 0 Å². The number of hydrogen-bond acceptors (Lipinski definition) is 4. The molecule has 0 bridgehead atoms. The van der Waals surface area contributed by atoms with E-state index in [1.54, 1.807) is 12.1 Å². The van der Waals surface area contributed by atoms with Crippen LogP contribution in [0.4, 0.5) is 5.95 Å². The second-order valence-electron chi connectivity index (χ2n) is 4.52. The molecule has 6 nitrogen and oxygen atoms in total. The Balaban J connectivity index is 1.92. The molecule has 6 heteroatoms. The lowest BCUT2D eigenvalue weighted by Crippen LogP contribution is -2.17. The second-order valence-corrected chi connectivity index (χ2v) is 4.52. The Morgan fingerprint density at radius 3 is 2.50 bits per heavy atom. The number of pyridine rings is 1. The monoisotopic (exact) mass is 292 g/mol. The van der Waals surface area contributed by atoms with E-state index in [4.69, 9.17) is 0 Å². The zero-order valence-electron chi connectivity index (χ0n) is 11.5. The number of benzene rings is 1. The molecular formula is C16H12N4O2. The van der Waals surface area contributed by atoms with Crippen LogP contribution in [-0.2, 0) is 0 Å². The predicted molar refractivity (Wildman–Crippen MR) is 82.5 cm³/mol. The zero-order chi connectivity index (χ0) is 15.4. The lowest BCUT2D eigenvalue weighted by atomic mass is 10.1. The van der Waals surface area contributed by atoms with Crippen LogP contribution >= 0.6 is 0 Å². The van der Waals surface area contributed by atoms with E-state index in [9.17, 15) is 9.59 Å². The van der Waals surface area contributed by atoms with E-state index in [-0.39, 0.29) is 17.4 Å². The van der Waals surface area contributed by atoms with Crippen LogP contribution in [0.1, 0.15) is 10.4 Å². The van der Waals surface area contributed by atoms with Crippen molar-refractivity contribution in [3.05, 3.63) is 77.0 Å². The summed E-state index contributed by atoms with van der Waals surface area (Å²) < 4.78 is 0. The molecule has 0 spiro atoms. The minimum absolute atomic E-state index is 0.208. The molecule has 2 heterocycles. The van der Waals surface area contributed by atoms with Crippen LogP contribution in [0.15, 0.2) is 65.8 Å². The fraction of sp³-hybridized carbons (Fsp3) is 0. The number of hydrogen-bond donors (Lipinski definition) is 2. The largest absolute Gasteiger partial charge is 0.328 e. The molecule has 0 saturated carbocycles. The van der Waals surface area contributed by atoms with Gasteiger partial charge >= 0.3 is 0 Å². The first-order chi connectivity index (χ1) is 10.7. The van der Waals surface area contributed by atoms with E-state index < -0.39 is 0 Å². The first-order valence-corrected chi connectivity index (χ1v) is 6.60. The van der Waals surface area contributed by atoms with Crippen LogP contribution < -0.4 is 10.9 Å². The highest BCUT2D eigenvalue weighted by Crippen LogP contribution is 2.15. The molecule has 0 atom stereocenters. The van der Waals surface area contributed by atoms with Crippen molar-refractivity contribution in [1.82, 2.24) is 15.0 Å². The Kier molecular flexibility index (Phi) is 3.74.